The molecule has 3 aromatic carbocycles. The zero-order valence-corrected chi connectivity index (χ0v) is 17.3. The number of para-hydroxylation sites is 2. The van der Waals surface area contributed by atoms with Crippen LogP contribution in [-0.4, -0.2) is 24.3 Å². The monoisotopic (exact) mass is 472 g/mol. The highest BCUT2D eigenvalue weighted by Gasteiger charge is 2.60. The summed E-state index contributed by atoms with van der Waals surface area (Å²) in [7, 11) is 0. The molecule has 3 atom stereocenters. The van der Waals surface area contributed by atoms with Gasteiger partial charge < -0.3 is 4.74 Å². The Morgan fingerprint density at radius 3 is 2.12 bits per heavy atom. The molecule has 0 bridgehead atoms. The number of amides is 2. The number of hydrogen-bond acceptors (Lipinski definition) is 5. The molecule has 34 heavy (non-hydrogen) atoms. The Balaban J connectivity index is 1.55. The highest BCUT2D eigenvalue weighted by atomic mass is 19.4. The molecule has 0 radical (unpaired) electrons. The SMILES string of the molecule is O=C1[C@@H]2[C@@H](c3ccc(OC(F)(F)F)cc3)N(c3ccccc3)O[C@H]2C(=O)N1c1ccccc1F. The number of hydroxylamine groups is 1. The lowest BCUT2D eigenvalue weighted by atomic mass is 9.90. The van der Waals surface area contributed by atoms with Gasteiger partial charge in [-0.1, -0.05) is 42.5 Å². The standard InChI is InChI=1S/C24H16F4N2O4/c25-17-8-4-5-9-18(17)29-22(31)19-20(14-10-12-16(13-11-14)33-24(26,27)28)30(34-21(19)23(29)32)15-6-2-1-3-7-15/h1-13,19-21H/t19-,20-,21-/m1/s1. The van der Waals surface area contributed by atoms with Gasteiger partial charge in [-0.25, -0.2) is 14.4 Å². The van der Waals surface area contributed by atoms with Crippen LogP contribution in [0.5, 0.6) is 5.75 Å². The molecule has 0 saturated carbocycles. The lowest BCUT2D eigenvalue weighted by Gasteiger charge is -2.29. The van der Waals surface area contributed by atoms with Crippen molar-refractivity contribution in [3.05, 3.63) is 90.2 Å². The lowest BCUT2D eigenvalue weighted by Crippen LogP contribution is -2.37. The van der Waals surface area contributed by atoms with E-state index >= 15 is 0 Å². The van der Waals surface area contributed by atoms with Crippen molar-refractivity contribution in [3.63, 3.8) is 0 Å². The number of carbonyl (C=O) groups is 2. The van der Waals surface area contributed by atoms with Gasteiger partial charge in [0.05, 0.1) is 17.4 Å². The molecule has 2 amide bonds. The van der Waals surface area contributed by atoms with Crippen LogP contribution in [0.15, 0.2) is 78.9 Å². The summed E-state index contributed by atoms with van der Waals surface area (Å²) in [5, 5.41) is 1.39. The van der Waals surface area contributed by atoms with Crippen LogP contribution in [0, 0.1) is 11.7 Å². The molecule has 2 heterocycles. The van der Waals surface area contributed by atoms with Crippen LogP contribution in [0.4, 0.5) is 28.9 Å². The second kappa shape index (κ2) is 8.14. The van der Waals surface area contributed by atoms with Crippen LogP contribution in [0.2, 0.25) is 0 Å². The van der Waals surface area contributed by atoms with Crippen molar-refractivity contribution in [2.24, 2.45) is 5.92 Å². The van der Waals surface area contributed by atoms with Gasteiger partial charge in [0.15, 0.2) is 6.10 Å². The first-order chi connectivity index (χ1) is 16.2. The van der Waals surface area contributed by atoms with E-state index in [4.69, 9.17) is 4.84 Å². The second-order valence-corrected chi connectivity index (χ2v) is 7.74. The van der Waals surface area contributed by atoms with E-state index in [1.807, 2.05) is 0 Å². The van der Waals surface area contributed by atoms with Gasteiger partial charge in [0, 0.05) is 0 Å². The molecular weight excluding hydrogens is 456 g/mol. The Morgan fingerprint density at radius 1 is 0.824 bits per heavy atom. The van der Waals surface area contributed by atoms with E-state index in [1.165, 1.54) is 35.4 Å². The maximum atomic E-state index is 14.4. The fourth-order valence-corrected chi connectivity index (χ4v) is 4.29. The van der Waals surface area contributed by atoms with Gasteiger partial charge in [0.2, 0.25) is 5.91 Å². The zero-order valence-electron chi connectivity index (χ0n) is 17.3. The molecule has 0 aliphatic carbocycles. The Kier molecular flexibility index (Phi) is 5.24. The fraction of sp³-hybridized carbons (Fsp3) is 0.167. The van der Waals surface area contributed by atoms with Crippen molar-refractivity contribution >= 4 is 23.2 Å². The van der Waals surface area contributed by atoms with Gasteiger partial charge in [-0.3, -0.25) is 14.4 Å². The molecule has 0 N–H and O–H groups in total. The molecule has 2 saturated heterocycles. The highest BCUT2D eigenvalue weighted by molar-refractivity contribution is 6.24. The third-order valence-corrected chi connectivity index (χ3v) is 5.67. The van der Waals surface area contributed by atoms with Crippen molar-refractivity contribution in [1.82, 2.24) is 0 Å². The van der Waals surface area contributed by atoms with Crippen molar-refractivity contribution in [2.45, 2.75) is 18.5 Å². The van der Waals surface area contributed by atoms with Crippen molar-refractivity contribution < 1.29 is 36.7 Å². The van der Waals surface area contributed by atoms with Gasteiger partial charge >= 0.3 is 6.36 Å². The number of alkyl halides is 3. The molecule has 2 aliphatic rings. The number of fused-ring (bicyclic) bond motifs is 1. The average Bonchev–Trinajstić information content (AvgIpc) is 3.31. The predicted octanol–water partition coefficient (Wildman–Crippen LogP) is 4.78. The van der Waals surface area contributed by atoms with Gasteiger partial charge in [0.25, 0.3) is 5.91 Å². The summed E-state index contributed by atoms with van der Waals surface area (Å²) in [6.45, 7) is 0. The summed E-state index contributed by atoms with van der Waals surface area (Å²) in [6.07, 6.45) is -6.09. The van der Waals surface area contributed by atoms with Crippen LogP contribution in [0.25, 0.3) is 0 Å². The molecule has 0 aromatic heterocycles. The van der Waals surface area contributed by atoms with E-state index in [0.29, 0.717) is 11.3 Å². The van der Waals surface area contributed by atoms with Crippen molar-refractivity contribution in [3.8, 4) is 5.75 Å². The van der Waals surface area contributed by atoms with E-state index in [1.54, 1.807) is 30.3 Å². The normalized spacial score (nSPS) is 22.3. The molecule has 2 aliphatic heterocycles. The summed E-state index contributed by atoms with van der Waals surface area (Å²) in [5.41, 5.74) is 0.771. The largest absolute Gasteiger partial charge is 0.573 e. The number of hydrogen-bond donors (Lipinski definition) is 0. The fourth-order valence-electron chi connectivity index (χ4n) is 4.29. The Hall–Kier alpha value is -3.92. The average molecular weight is 472 g/mol. The van der Waals surface area contributed by atoms with Crippen LogP contribution < -0.4 is 14.7 Å². The van der Waals surface area contributed by atoms with Crippen molar-refractivity contribution in [2.75, 3.05) is 9.96 Å². The maximum Gasteiger partial charge on any atom is 0.573 e. The first-order valence-corrected chi connectivity index (χ1v) is 10.2. The first kappa shape index (κ1) is 21.9. The van der Waals surface area contributed by atoms with Crippen LogP contribution in [0.3, 0.4) is 0 Å². The predicted molar refractivity (Wildman–Crippen MR) is 112 cm³/mol. The summed E-state index contributed by atoms with van der Waals surface area (Å²) in [5.74, 6) is -3.62. The van der Waals surface area contributed by atoms with E-state index in [9.17, 15) is 27.2 Å². The number of nitrogens with zero attached hydrogens (tertiary/aromatic N) is 2. The minimum absolute atomic E-state index is 0.186. The number of imide groups is 1. The Bertz CT molecular complexity index is 1230. The minimum Gasteiger partial charge on any atom is -0.406 e. The zero-order chi connectivity index (χ0) is 24.0. The van der Waals surface area contributed by atoms with Gasteiger partial charge in [-0.05, 0) is 42.0 Å². The Morgan fingerprint density at radius 2 is 1.47 bits per heavy atom. The smallest absolute Gasteiger partial charge is 0.406 e. The third-order valence-electron chi connectivity index (χ3n) is 5.67. The molecule has 174 valence electrons. The number of rotatable bonds is 4. The van der Waals surface area contributed by atoms with Gasteiger partial charge in [-0.15, -0.1) is 13.2 Å². The molecule has 10 heteroatoms. The van der Waals surface area contributed by atoms with Crippen LogP contribution in [-0.2, 0) is 14.4 Å². The quantitative estimate of drug-likeness (QED) is 0.404. The molecule has 0 unspecified atom stereocenters. The maximum absolute atomic E-state index is 14.4. The number of halogens is 4. The summed E-state index contributed by atoms with van der Waals surface area (Å²) >= 11 is 0. The first-order valence-electron chi connectivity index (χ1n) is 10.2. The third kappa shape index (κ3) is 3.75. The topological polar surface area (TPSA) is 59.1 Å². The minimum atomic E-state index is -4.85. The van der Waals surface area contributed by atoms with Gasteiger partial charge in [0.1, 0.15) is 17.5 Å². The molecule has 6 nitrogen and oxygen atoms in total. The molecule has 2 fully saturated rings. The molecule has 3 aromatic rings. The molecule has 5 rings (SSSR count). The highest BCUT2D eigenvalue weighted by Crippen LogP contribution is 2.48. The second-order valence-electron chi connectivity index (χ2n) is 7.74. The van der Waals surface area contributed by atoms with E-state index < -0.39 is 47.8 Å². The summed E-state index contributed by atoms with van der Waals surface area (Å²) < 4.78 is 56.0. The van der Waals surface area contributed by atoms with E-state index in [0.717, 1.165) is 23.1 Å². The summed E-state index contributed by atoms with van der Waals surface area (Å²) in [6, 6.07) is 18.2. The number of ether oxygens (including phenoxy) is 1. The van der Waals surface area contributed by atoms with Gasteiger partial charge in [-0.2, -0.15) is 0 Å². The summed E-state index contributed by atoms with van der Waals surface area (Å²) in [4.78, 5) is 33.3. The van der Waals surface area contributed by atoms with Crippen LogP contribution >= 0.6 is 0 Å². The number of anilines is 2. The number of benzene rings is 3. The lowest BCUT2D eigenvalue weighted by molar-refractivity contribution is -0.274. The van der Waals surface area contributed by atoms with E-state index in [-0.39, 0.29) is 5.69 Å². The molecule has 0 spiro atoms. The Labute approximate surface area is 190 Å². The van der Waals surface area contributed by atoms with E-state index in [2.05, 4.69) is 4.74 Å². The molecular formula is C24H16F4N2O4. The van der Waals surface area contributed by atoms with Crippen molar-refractivity contribution in [1.29, 1.82) is 0 Å². The number of carbonyl (C=O) groups excluding carboxylic acids is 2. The van der Waals surface area contributed by atoms with Crippen LogP contribution in [0.1, 0.15) is 11.6 Å².